The lowest BCUT2D eigenvalue weighted by Crippen LogP contribution is -2.46. The Kier molecular flexibility index (Phi) is 5.64. The van der Waals surface area contributed by atoms with Crippen molar-refractivity contribution in [3.8, 4) is 0 Å². The Balaban J connectivity index is 1.65. The molecule has 0 radical (unpaired) electrons. The SMILES string of the molecule is COCCN1CCC[C@@]12CCCN(C(=O)c1cnc(N(C)C)o1)CC2. The number of ether oxygens (including phenoxy) is 1. The summed E-state index contributed by atoms with van der Waals surface area (Å²) in [6.45, 7) is 4.47. The van der Waals surface area contributed by atoms with Crippen LogP contribution in [0, 0.1) is 0 Å². The lowest BCUT2D eigenvalue weighted by Gasteiger charge is -2.38. The Morgan fingerprint density at radius 3 is 2.72 bits per heavy atom. The Morgan fingerprint density at radius 2 is 2.04 bits per heavy atom. The highest BCUT2D eigenvalue weighted by Crippen LogP contribution is 2.38. The Morgan fingerprint density at radius 1 is 1.28 bits per heavy atom. The maximum absolute atomic E-state index is 12.8. The Bertz CT molecular complexity index is 589. The van der Waals surface area contributed by atoms with E-state index < -0.39 is 0 Å². The van der Waals surface area contributed by atoms with E-state index in [1.165, 1.54) is 12.8 Å². The number of hydrogen-bond donors (Lipinski definition) is 0. The number of rotatable bonds is 5. The van der Waals surface area contributed by atoms with E-state index in [1.807, 2.05) is 19.0 Å². The number of aromatic nitrogens is 1. The molecule has 1 amide bonds. The summed E-state index contributed by atoms with van der Waals surface area (Å²) in [5, 5.41) is 0. The van der Waals surface area contributed by atoms with Gasteiger partial charge in [-0.1, -0.05) is 0 Å². The second kappa shape index (κ2) is 7.74. The van der Waals surface area contributed by atoms with Crippen molar-refractivity contribution in [2.24, 2.45) is 0 Å². The fourth-order valence-corrected chi connectivity index (χ4v) is 4.22. The smallest absolute Gasteiger partial charge is 0.297 e. The van der Waals surface area contributed by atoms with Gasteiger partial charge in [0.05, 0.1) is 12.8 Å². The van der Waals surface area contributed by atoms with Crippen LogP contribution in [0.15, 0.2) is 10.6 Å². The van der Waals surface area contributed by atoms with Crippen LogP contribution >= 0.6 is 0 Å². The van der Waals surface area contributed by atoms with Gasteiger partial charge in [-0.15, -0.1) is 0 Å². The molecule has 2 aliphatic rings. The number of likely N-dealkylation sites (tertiary alicyclic amines) is 2. The molecule has 1 atom stereocenters. The zero-order valence-corrected chi connectivity index (χ0v) is 15.7. The van der Waals surface area contributed by atoms with E-state index in [1.54, 1.807) is 18.2 Å². The molecule has 140 valence electrons. The highest BCUT2D eigenvalue weighted by molar-refractivity contribution is 5.91. The van der Waals surface area contributed by atoms with Crippen LogP contribution in [0.25, 0.3) is 0 Å². The average Bonchev–Trinajstić information content (AvgIpc) is 3.17. The second-order valence-corrected chi connectivity index (χ2v) is 7.36. The summed E-state index contributed by atoms with van der Waals surface area (Å²) in [5.74, 6) is 0.293. The highest BCUT2D eigenvalue weighted by Gasteiger charge is 2.42. The molecule has 0 saturated carbocycles. The molecule has 2 fully saturated rings. The molecule has 25 heavy (non-hydrogen) atoms. The monoisotopic (exact) mass is 350 g/mol. The quantitative estimate of drug-likeness (QED) is 0.808. The number of hydrogen-bond acceptors (Lipinski definition) is 6. The number of anilines is 1. The molecule has 0 unspecified atom stereocenters. The minimum Gasteiger partial charge on any atom is -0.418 e. The van der Waals surface area contributed by atoms with E-state index >= 15 is 0 Å². The first-order chi connectivity index (χ1) is 12.1. The van der Waals surface area contributed by atoms with Gasteiger partial charge in [-0.25, -0.2) is 4.98 Å². The number of carbonyl (C=O) groups is 1. The van der Waals surface area contributed by atoms with Gasteiger partial charge in [0.1, 0.15) is 0 Å². The third-order valence-corrected chi connectivity index (χ3v) is 5.60. The topological polar surface area (TPSA) is 62.1 Å². The fraction of sp³-hybridized carbons (Fsp3) is 0.778. The summed E-state index contributed by atoms with van der Waals surface area (Å²) in [6, 6.07) is 0.469. The third-order valence-electron chi connectivity index (χ3n) is 5.60. The molecule has 2 aliphatic heterocycles. The molecular formula is C18H30N4O3. The van der Waals surface area contributed by atoms with Crippen molar-refractivity contribution < 1.29 is 13.9 Å². The minimum atomic E-state index is -0.0425. The molecule has 0 bridgehead atoms. The first-order valence-electron chi connectivity index (χ1n) is 9.22. The molecular weight excluding hydrogens is 320 g/mol. The zero-order valence-electron chi connectivity index (χ0n) is 15.7. The normalized spacial score (nSPS) is 24.7. The Hall–Kier alpha value is -1.60. The highest BCUT2D eigenvalue weighted by atomic mass is 16.5. The van der Waals surface area contributed by atoms with Crippen LogP contribution in [-0.2, 0) is 4.74 Å². The van der Waals surface area contributed by atoms with Crippen LogP contribution < -0.4 is 4.90 Å². The van der Waals surface area contributed by atoms with Crippen LogP contribution in [0.3, 0.4) is 0 Å². The molecule has 0 N–H and O–H groups in total. The van der Waals surface area contributed by atoms with Crippen LogP contribution in [0.5, 0.6) is 0 Å². The molecule has 7 heteroatoms. The molecule has 2 saturated heterocycles. The fourth-order valence-electron chi connectivity index (χ4n) is 4.22. The molecule has 1 aromatic heterocycles. The number of oxazole rings is 1. The van der Waals surface area contributed by atoms with Crippen molar-refractivity contribution in [1.29, 1.82) is 0 Å². The van der Waals surface area contributed by atoms with Gasteiger partial charge < -0.3 is 19.0 Å². The lowest BCUT2D eigenvalue weighted by molar-refractivity contribution is 0.0676. The van der Waals surface area contributed by atoms with Gasteiger partial charge in [0, 0.05) is 46.4 Å². The van der Waals surface area contributed by atoms with E-state index in [0.717, 1.165) is 52.0 Å². The van der Waals surface area contributed by atoms with Gasteiger partial charge in [-0.05, 0) is 38.6 Å². The van der Waals surface area contributed by atoms with Gasteiger partial charge in [-0.3, -0.25) is 9.69 Å². The van der Waals surface area contributed by atoms with Crippen molar-refractivity contribution in [2.45, 2.75) is 37.6 Å². The largest absolute Gasteiger partial charge is 0.418 e. The summed E-state index contributed by atoms with van der Waals surface area (Å²) < 4.78 is 10.9. The van der Waals surface area contributed by atoms with Gasteiger partial charge in [0.2, 0.25) is 5.76 Å². The molecule has 7 nitrogen and oxygen atoms in total. The van der Waals surface area contributed by atoms with Crippen molar-refractivity contribution in [3.05, 3.63) is 12.0 Å². The summed E-state index contributed by atoms with van der Waals surface area (Å²) in [6.07, 6.45) is 7.22. The lowest BCUT2D eigenvalue weighted by atomic mass is 9.88. The van der Waals surface area contributed by atoms with Crippen LogP contribution in [0.4, 0.5) is 6.01 Å². The van der Waals surface area contributed by atoms with E-state index in [-0.39, 0.29) is 11.4 Å². The summed E-state index contributed by atoms with van der Waals surface area (Å²) in [5.41, 5.74) is 0.240. The molecule has 3 heterocycles. The standard InChI is InChI=1S/C18H30N4O3/c1-20(2)17-19-14-15(25-17)16(23)21-9-4-6-18(8-11-21)7-5-10-22(18)12-13-24-3/h14H,4-13H2,1-3H3/t18-/m1/s1. The summed E-state index contributed by atoms with van der Waals surface area (Å²) in [4.78, 5) is 23.2. The minimum absolute atomic E-state index is 0.0425. The van der Waals surface area contributed by atoms with E-state index in [0.29, 0.717) is 11.8 Å². The second-order valence-electron chi connectivity index (χ2n) is 7.36. The number of amides is 1. The van der Waals surface area contributed by atoms with Gasteiger partial charge in [-0.2, -0.15) is 0 Å². The predicted molar refractivity (Wildman–Crippen MR) is 96.0 cm³/mol. The summed E-state index contributed by atoms with van der Waals surface area (Å²) in [7, 11) is 5.46. The van der Waals surface area contributed by atoms with Crippen molar-refractivity contribution in [3.63, 3.8) is 0 Å². The molecule has 1 aromatic rings. The predicted octanol–water partition coefficient (Wildman–Crippen LogP) is 1.85. The first-order valence-corrected chi connectivity index (χ1v) is 9.22. The van der Waals surface area contributed by atoms with Crippen molar-refractivity contribution in [2.75, 3.05) is 58.9 Å². The van der Waals surface area contributed by atoms with Gasteiger partial charge in [0.15, 0.2) is 0 Å². The van der Waals surface area contributed by atoms with E-state index in [4.69, 9.17) is 9.15 Å². The maximum atomic E-state index is 12.8. The third kappa shape index (κ3) is 3.82. The number of methoxy groups -OCH3 is 1. The van der Waals surface area contributed by atoms with Gasteiger partial charge in [0.25, 0.3) is 11.9 Å². The van der Waals surface area contributed by atoms with E-state index in [9.17, 15) is 4.79 Å². The van der Waals surface area contributed by atoms with Crippen molar-refractivity contribution in [1.82, 2.24) is 14.8 Å². The van der Waals surface area contributed by atoms with E-state index in [2.05, 4.69) is 9.88 Å². The molecule has 0 aliphatic carbocycles. The Labute approximate surface area is 149 Å². The number of carbonyl (C=O) groups excluding carboxylic acids is 1. The zero-order chi connectivity index (χ0) is 17.9. The molecule has 0 aromatic carbocycles. The molecule has 3 rings (SSSR count). The van der Waals surface area contributed by atoms with Crippen LogP contribution in [0.1, 0.15) is 42.7 Å². The maximum Gasteiger partial charge on any atom is 0.297 e. The summed E-state index contributed by atoms with van der Waals surface area (Å²) >= 11 is 0. The first kappa shape index (κ1) is 18.2. The van der Waals surface area contributed by atoms with Crippen molar-refractivity contribution >= 4 is 11.9 Å². The van der Waals surface area contributed by atoms with Crippen LogP contribution in [0.2, 0.25) is 0 Å². The van der Waals surface area contributed by atoms with Crippen LogP contribution in [-0.4, -0.2) is 80.2 Å². The average molecular weight is 350 g/mol. The van der Waals surface area contributed by atoms with Gasteiger partial charge >= 0.3 is 0 Å². The molecule has 1 spiro atoms. The number of nitrogens with zero attached hydrogens (tertiary/aromatic N) is 4.